The Balaban J connectivity index is 1.65. The average molecular weight is 267 g/mol. The van der Waals surface area contributed by atoms with Crippen molar-refractivity contribution in [2.75, 3.05) is 5.32 Å². The monoisotopic (exact) mass is 267 g/mol. The van der Waals surface area contributed by atoms with E-state index in [9.17, 15) is 9.90 Å². The van der Waals surface area contributed by atoms with Crippen LogP contribution >= 0.6 is 0 Å². The SMILES string of the molecule is Cc1cc(NC(=O)C2CC2c2ccccc2)ccc1O. The molecule has 3 nitrogen and oxygen atoms in total. The van der Waals surface area contributed by atoms with E-state index in [1.807, 2.05) is 25.1 Å². The Bertz CT molecular complexity index is 637. The number of benzene rings is 2. The van der Waals surface area contributed by atoms with Crippen LogP contribution in [0.5, 0.6) is 5.75 Å². The molecule has 1 saturated carbocycles. The van der Waals surface area contributed by atoms with Gasteiger partial charge >= 0.3 is 0 Å². The Labute approximate surface area is 118 Å². The van der Waals surface area contributed by atoms with Crippen LogP contribution in [0.2, 0.25) is 0 Å². The van der Waals surface area contributed by atoms with E-state index in [1.54, 1.807) is 18.2 Å². The Hall–Kier alpha value is -2.29. The number of anilines is 1. The largest absolute Gasteiger partial charge is 0.508 e. The van der Waals surface area contributed by atoms with E-state index in [-0.39, 0.29) is 17.6 Å². The van der Waals surface area contributed by atoms with Gasteiger partial charge in [0, 0.05) is 11.6 Å². The second kappa shape index (κ2) is 5.00. The quantitative estimate of drug-likeness (QED) is 0.837. The highest BCUT2D eigenvalue weighted by Gasteiger charge is 2.43. The van der Waals surface area contributed by atoms with Gasteiger partial charge in [-0.25, -0.2) is 0 Å². The van der Waals surface area contributed by atoms with Crippen molar-refractivity contribution in [3.05, 3.63) is 59.7 Å². The van der Waals surface area contributed by atoms with Crippen molar-refractivity contribution in [1.29, 1.82) is 0 Å². The molecular formula is C17H17NO2. The molecule has 20 heavy (non-hydrogen) atoms. The lowest BCUT2D eigenvalue weighted by Gasteiger charge is -2.07. The number of hydrogen-bond acceptors (Lipinski definition) is 2. The van der Waals surface area contributed by atoms with Gasteiger partial charge in [-0.3, -0.25) is 4.79 Å². The molecular weight excluding hydrogens is 250 g/mol. The molecule has 2 aromatic rings. The van der Waals surface area contributed by atoms with Gasteiger partial charge in [-0.05, 0) is 48.6 Å². The van der Waals surface area contributed by atoms with Crippen LogP contribution in [0.1, 0.15) is 23.5 Å². The first-order valence-corrected chi connectivity index (χ1v) is 6.80. The summed E-state index contributed by atoms with van der Waals surface area (Å²) >= 11 is 0. The maximum Gasteiger partial charge on any atom is 0.228 e. The van der Waals surface area contributed by atoms with Crippen molar-refractivity contribution in [3.8, 4) is 5.75 Å². The third-order valence-corrected chi connectivity index (χ3v) is 3.82. The summed E-state index contributed by atoms with van der Waals surface area (Å²) in [7, 11) is 0. The predicted molar refractivity (Wildman–Crippen MR) is 78.8 cm³/mol. The van der Waals surface area contributed by atoms with E-state index in [0.29, 0.717) is 5.92 Å². The zero-order valence-electron chi connectivity index (χ0n) is 11.3. The molecule has 3 rings (SSSR count). The number of hydrogen-bond donors (Lipinski definition) is 2. The lowest BCUT2D eigenvalue weighted by Crippen LogP contribution is -2.14. The average Bonchev–Trinajstić information content (AvgIpc) is 3.24. The molecule has 1 amide bonds. The van der Waals surface area contributed by atoms with E-state index >= 15 is 0 Å². The molecule has 0 aliphatic heterocycles. The standard InChI is InChI=1S/C17H17NO2/c1-11-9-13(7-8-16(11)19)18-17(20)15-10-14(15)12-5-3-2-4-6-12/h2-9,14-15,19H,10H2,1H3,(H,18,20). The molecule has 2 unspecified atom stereocenters. The highest BCUT2D eigenvalue weighted by molar-refractivity contribution is 5.95. The molecule has 0 spiro atoms. The lowest BCUT2D eigenvalue weighted by atomic mass is 10.1. The zero-order valence-corrected chi connectivity index (χ0v) is 11.3. The number of carbonyl (C=O) groups excluding carboxylic acids is 1. The molecule has 0 heterocycles. The first-order chi connectivity index (χ1) is 9.65. The van der Waals surface area contributed by atoms with Crippen molar-refractivity contribution < 1.29 is 9.90 Å². The fourth-order valence-electron chi connectivity index (χ4n) is 2.52. The van der Waals surface area contributed by atoms with Crippen molar-refractivity contribution in [2.24, 2.45) is 5.92 Å². The van der Waals surface area contributed by atoms with Crippen molar-refractivity contribution in [1.82, 2.24) is 0 Å². The van der Waals surface area contributed by atoms with E-state index < -0.39 is 0 Å². The minimum absolute atomic E-state index is 0.0592. The number of aromatic hydroxyl groups is 1. The van der Waals surface area contributed by atoms with Gasteiger partial charge in [0.25, 0.3) is 0 Å². The van der Waals surface area contributed by atoms with Crippen LogP contribution in [0.3, 0.4) is 0 Å². The molecule has 2 atom stereocenters. The molecule has 2 N–H and O–H groups in total. The minimum Gasteiger partial charge on any atom is -0.508 e. The summed E-state index contributed by atoms with van der Waals surface area (Å²) in [5.41, 5.74) is 2.73. The number of carbonyl (C=O) groups is 1. The van der Waals surface area contributed by atoms with Crippen LogP contribution in [-0.4, -0.2) is 11.0 Å². The topological polar surface area (TPSA) is 49.3 Å². The predicted octanol–water partition coefficient (Wildman–Crippen LogP) is 3.44. The molecule has 3 heteroatoms. The van der Waals surface area contributed by atoms with Gasteiger partial charge in [-0.2, -0.15) is 0 Å². The summed E-state index contributed by atoms with van der Waals surface area (Å²) in [4.78, 5) is 12.2. The minimum atomic E-state index is 0.0592. The molecule has 1 aliphatic rings. The normalized spacial score (nSPS) is 20.4. The maximum atomic E-state index is 12.2. The summed E-state index contributed by atoms with van der Waals surface area (Å²) in [6.07, 6.45) is 0.910. The Kier molecular flexibility index (Phi) is 3.18. The summed E-state index contributed by atoms with van der Waals surface area (Å²) in [5, 5.41) is 12.4. The van der Waals surface area contributed by atoms with Crippen molar-refractivity contribution >= 4 is 11.6 Å². The smallest absolute Gasteiger partial charge is 0.228 e. The van der Waals surface area contributed by atoms with Gasteiger partial charge in [0.05, 0.1) is 0 Å². The van der Waals surface area contributed by atoms with Crippen LogP contribution < -0.4 is 5.32 Å². The van der Waals surface area contributed by atoms with E-state index in [2.05, 4.69) is 17.4 Å². The number of phenolic OH excluding ortho intramolecular Hbond substituents is 1. The zero-order chi connectivity index (χ0) is 14.1. The second-order valence-electron chi connectivity index (χ2n) is 5.35. The third kappa shape index (κ3) is 2.52. The number of rotatable bonds is 3. The van der Waals surface area contributed by atoms with Crippen LogP contribution in [0.15, 0.2) is 48.5 Å². The Morgan fingerprint density at radius 1 is 1.20 bits per heavy atom. The first-order valence-electron chi connectivity index (χ1n) is 6.80. The summed E-state index contributed by atoms with van der Waals surface area (Å²) in [6, 6.07) is 15.3. The fourth-order valence-corrected chi connectivity index (χ4v) is 2.52. The van der Waals surface area contributed by atoms with Gasteiger partial charge in [0.2, 0.25) is 5.91 Å². The fraction of sp³-hybridized carbons (Fsp3) is 0.235. The molecule has 1 fully saturated rings. The summed E-state index contributed by atoms with van der Waals surface area (Å²) in [5.74, 6) is 0.710. The lowest BCUT2D eigenvalue weighted by molar-refractivity contribution is -0.117. The number of aryl methyl sites for hydroxylation is 1. The summed E-state index contributed by atoms with van der Waals surface area (Å²) in [6.45, 7) is 1.81. The highest BCUT2D eigenvalue weighted by atomic mass is 16.3. The van der Waals surface area contributed by atoms with Crippen molar-refractivity contribution in [3.63, 3.8) is 0 Å². The van der Waals surface area contributed by atoms with Gasteiger partial charge in [-0.15, -0.1) is 0 Å². The van der Waals surface area contributed by atoms with Crippen LogP contribution in [0.4, 0.5) is 5.69 Å². The van der Waals surface area contributed by atoms with Crippen molar-refractivity contribution in [2.45, 2.75) is 19.3 Å². The number of nitrogens with one attached hydrogen (secondary N) is 1. The van der Waals surface area contributed by atoms with Gasteiger partial charge in [0.1, 0.15) is 5.75 Å². The van der Waals surface area contributed by atoms with E-state index in [1.165, 1.54) is 5.56 Å². The third-order valence-electron chi connectivity index (χ3n) is 3.82. The second-order valence-corrected chi connectivity index (χ2v) is 5.35. The molecule has 1 aliphatic carbocycles. The Morgan fingerprint density at radius 3 is 2.65 bits per heavy atom. The Morgan fingerprint density at radius 2 is 1.95 bits per heavy atom. The molecule has 0 saturated heterocycles. The van der Waals surface area contributed by atoms with Crippen LogP contribution in [0.25, 0.3) is 0 Å². The number of amides is 1. The maximum absolute atomic E-state index is 12.2. The van der Waals surface area contributed by atoms with Gasteiger partial charge in [0.15, 0.2) is 0 Å². The van der Waals surface area contributed by atoms with Gasteiger partial charge < -0.3 is 10.4 Å². The highest BCUT2D eigenvalue weighted by Crippen LogP contribution is 2.47. The van der Waals surface area contributed by atoms with E-state index in [4.69, 9.17) is 0 Å². The molecule has 2 aromatic carbocycles. The molecule has 102 valence electrons. The molecule has 0 radical (unpaired) electrons. The molecule has 0 bridgehead atoms. The summed E-state index contributed by atoms with van der Waals surface area (Å²) < 4.78 is 0. The first kappa shape index (κ1) is 12.7. The van der Waals surface area contributed by atoms with Gasteiger partial charge in [-0.1, -0.05) is 30.3 Å². The number of phenols is 1. The van der Waals surface area contributed by atoms with Crippen LogP contribution in [-0.2, 0) is 4.79 Å². The van der Waals surface area contributed by atoms with E-state index in [0.717, 1.165) is 17.7 Å². The molecule has 0 aromatic heterocycles. The van der Waals surface area contributed by atoms with Crippen LogP contribution in [0, 0.1) is 12.8 Å².